The zero-order valence-electron chi connectivity index (χ0n) is 12.3. The van der Waals surface area contributed by atoms with Crippen LogP contribution in [-0.2, 0) is 16.6 Å². The SMILES string of the molecule is CCN(CC1CCC1)S(=O)(=O)c1ccc(C)c(CN)c1. The van der Waals surface area contributed by atoms with E-state index in [-0.39, 0.29) is 0 Å². The van der Waals surface area contributed by atoms with E-state index in [1.807, 2.05) is 19.9 Å². The number of hydrogen-bond acceptors (Lipinski definition) is 3. The summed E-state index contributed by atoms with van der Waals surface area (Å²) < 4.78 is 27.0. The van der Waals surface area contributed by atoms with Crippen LogP contribution in [0.5, 0.6) is 0 Å². The molecule has 0 spiro atoms. The van der Waals surface area contributed by atoms with E-state index >= 15 is 0 Å². The summed E-state index contributed by atoms with van der Waals surface area (Å²) in [7, 11) is -3.39. The summed E-state index contributed by atoms with van der Waals surface area (Å²) in [6.07, 6.45) is 3.52. The number of nitrogens with two attached hydrogens (primary N) is 1. The summed E-state index contributed by atoms with van der Waals surface area (Å²) in [4.78, 5) is 0.365. The Morgan fingerprint density at radius 2 is 2.05 bits per heavy atom. The van der Waals surface area contributed by atoms with Crippen molar-refractivity contribution in [1.29, 1.82) is 0 Å². The topological polar surface area (TPSA) is 63.4 Å². The standard InChI is InChI=1S/C15H24N2O2S/c1-3-17(11-13-5-4-6-13)20(18,19)15-8-7-12(2)14(9-15)10-16/h7-9,13H,3-6,10-11,16H2,1-2H3. The predicted octanol–water partition coefficient (Wildman–Crippen LogP) is 2.26. The lowest BCUT2D eigenvalue weighted by Crippen LogP contribution is -2.37. The minimum absolute atomic E-state index is 0.365. The Bertz CT molecular complexity index is 565. The van der Waals surface area contributed by atoms with Gasteiger partial charge in [-0.2, -0.15) is 4.31 Å². The summed E-state index contributed by atoms with van der Waals surface area (Å²) >= 11 is 0. The van der Waals surface area contributed by atoms with Crippen LogP contribution in [0.2, 0.25) is 0 Å². The van der Waals surface area contributed by atoms with Crippen molar-refractivity contribution in [3.8, 4) is 0 Å². The highest BCUT2D eigenvalue weighted by Crippen LogP contribution is 2.29. The van der Waals surface area contributed by atoms with Crippen molar-refractivity contribution in [1.82, 2.24) is 4.31 Å². The van der Waals surface area contributed by atoms with E-state index in [2.05, 4.69) is 0 Å². The Kier molecular flexibility index (Phi) is 4.83. The Morgan fingerprint density at radius 1 is 1.35 bits per heavy atom. The number of benzene rings is 1. The summed E-state index contributed by atoms with van der Waals surface area (Å²) in [6.45, 7) is 5.37. The average Bonchev–Trinajstić information content (AvgIpc) is 2.37. The third-order valence-electron chi connectivity index (χ3n) is 4.22. The van der Waals surface area contributed by atoms with E-state index in [1.165, 1.54) is 6.42 Å². The molecule has 1 aliphatic rings. The van der Waals surface area contributed by atoms with Crippen molar-refractivity contribution >= 4 is 10.0 Å². The molecule has 0 aliphatic heterocycles. The molecule has 1 saturated carbocycles. The molecule has 0 amide bonds. The third-order valence-corrected chi connectivity index (χ3v) is 6.15. The van der Waals surface area contributed by atoms with Crippen LogP contribution in [0.1, 0.15) is 37.3 Å². The molecule has 0 heterocycles. The van der Waals surface area contributed by atoms with Crippen molar-refractivity contribution in [3.63, 3.8) is 0 Å². The van der Waals surface area contributed by atoms with Gasteiger partial charge in [0.15, 0.2) is 0 Å². The Labute approximate surface area is 122 Å². The highest BCUT2D eigenvalue weighted by Gasteiger charge is 2.28. The average molecular weight is 296 g/mol. The van der Waals surface area contributed by atoms with Gasteiger partial charge in [-0.25, -0.2) is 8.42 Å². The summed E-state index contributed by atoms with van der Waals surface area (Å²) in [6, 6.07) is 5.24. The highest BCUT2D eigenvalue weighted by atomic mass is 32.2. The molecule has 1 aromatic carbocycles. The molecule has 0 unspecified atom stereocenters. The quantitative estimate of drug-likeness (QED) is 0.876. The van der Waals surface area contributed by atoms with Crippen LogP contribution in [0.4, 0.5) is 0 Å². The van der Waals surface area contributed by atoms with Crippen molar-refractivity contribution < 1.29 is 8.42 Å². The maximum atomic E-state index is 12.7. The van der Waals surface area contributed by atoms with Gasteiger partial charge in [-0.15, -0.1) is 0 Å². The van der Waals surface area contributed by atoms with E-state index in [4.69, 9.17) is 5.73 Å². The van der Waals surface area contributed by atoms with E-state index in [9.17, 15) is 8.42 Å². The molecule has 0 bridgehead atoms. The minimum Gasteiger partial charge on any atom is -0.326 e. The molecular formula is C15H24N2O2S. The Balaban J connectivity index is 2.27. The molecule has 5 heteroatoms. The van der Waals surface area contributed by atoms with Gasteiger partial charge in [-0.3, -0.25) is 0 Å². The molecule has 0 radical (unpaired) electrons. The lowest BCUT2D eigenvalue weighted by atomic mass is 9.85. The summed E-state index contributed by atoms with van der Waals surface area (Å²) in [5.41, 5.74) is 7.60. The number of nitrogens with zero attached hydrogens (tertiary/aromatic N) is 1. The molecule has 0 saturated heterocycles. The number of aryl methyl sites for hydroxylation is 1. The number of rotatable bonds is 6. The van der Waals surface area contributed by atoms with Gasteiger partial charge in [0.25, 0.3) is 0 Å². The van der Waals surface area contributed by atoms with Gasteiger partial charge >= 0.3 is 0 Å². The van der Waals surface area contributed by atoms with Gasteiger partial charge in [0.2, 0.25) is 10.0 Å². The Morgan fingerprint density at radius 3 is 2.55 bits per heavy atom. The lowest BCUT2D eigenvalue weighted by molar-refractivity contribution is 0.250. The summed E-state index contributed by atoms with van der Waals surface area (Å²) in [5.74, 6) is 0.532. The second-order valence-electron chi connectivity index (χ2n) is 5.55. The second-order valence-corrected chi connectivity index (χ2v) is 7.48. The molecule has 112 valence electrons. The molecule has 1 aromatic rings. The van der Waals surface area contributed by atoms with Gasteiger partial charge in [-0.1, -0.05) is 19.4 Å². The van der Waals surface area contributed by atoms with Crippen molar-refractivity contribution in [2.24, 2.45) is 11.7 Å². The fourth-order valence-corrected chi connectivity index (χ4v) is 4.11. The first kappa shape index (κ1) is 15.5. The molecule has 1 fully saturated rings. The van der Waals surface area contributed by atoms with Gasteiger partial charge in [0.05, 0.1) is 4.90 Å². The van der Waals surface area contributed by atoms with Crippen molar-refractivity contribution in [2.45, 2.75) is 44.6 Å². The van der Waals surface area contributed by atoms with Crippen LogP contribution in [0.25, 0.3) is 0 Å². The minimum atomic E-state index is -3.39. The maximum absolute atomic E-state index is 12.7. The van der Waals surface area contributed by atoms with Crippen LogP contribution < -0.4 is 5.73 Å². The fourth-order valence-electron chi connectivity index (χ4n) is 2.54. The van der Waals surface area contributed by atoms with Crippen LogP contribution in [-0.4, -0.2) is 25.8 Å². The van der Waals surface area contributed by atoms with E-state index in [0.29, 0.717) is 30.4 Å². The first-order valence-corrected chi connectivity index (χ1v) is 8.72. The van der Waals surface area contributed by atoms with Crippen LogP contribution in [0.15, 0.2) is 23.1 Å². The van der Waals surface area contributed by atoms with Crippen molar-refractivity contribution in [2.75, 3.05) is 13.1 Å². The maximum Gasteiger partial charge on any atom is 0.243 e. The predicted molar refractivity (Wildman–Crippen MR) is 80.8 cm³/mol. The molecular weight excluding hydrogens is 272 g/mol. The number of hydrogen-bond donors (Lipinski definition) is 1. The van der Waals surface area contributed by atoms with Gasteiger partial charge in [0, 0.05) is 19.6 Å². The monoisotopic (exact) mass is 296 g/mol. The van der Waals surface area contributed by atoms with Gasteiger partial charge in [0.1, 0.15) is 0 Å². The molecule has 20 heavy (non-hydrogen) atoms. The smallest absolute Gasteiger partial charge is 0.243 e. The van der Waals surface area contributed by atoms with E-state index < -0.39 is 10.0 Å². The van der Waals surface area contributed by atoms with E-state index in [0.717, 1.165) is 24.0 Å². The van der Waals surface area contributed by atoms with Crippen LogP contribution >= 0.6 is 0 Å². The van der Waals surface area contributed by atoms with Gasteiger partial charge < -0.3 is 5.73 Å². The summed E-state index contributed by atoms with van der Waals surface area (Å²) in [5, 5.41) is 0. The molecule has 0 aromatic heterocycles. The molecule has 4 nitrogen and oxygen atoms in total. The molecule has 2 N–H and O–H groups in total. The van der Waals surface area contributed by atoms with Crippen LogP contribution in [0.3, 0.4) is 0 Å². The second kappa shape index (κ2) is 6.24. The molecule has 0 atom stereocenters. The Hall–Kier alpha value is -0.910. The normalized spacial score (nSPS) is 16.4. The molecule has 1 aliphatic carbocycles. The van der Waals surface area contributed by atoms with Gasteiger partial charge in [-0.05, 0) is 48.9 Å². The van der Waals surface area contributed by atoms with Crippen LogP contribution in [0, 0.1) is 12.8 Å². The first-order chi connectivity index (χ1) is 9.48. The lowest BCUT2D eigenvalue weighted by Gasteiger charge is -2.31. The van der Waals surface area contributed by atoms with E-state index in [1.54, 1.807) is 16.4 Å². The molecule has 2 rings (SSSR count). The highest BCUT2D eigenvalue weighted by molar-refractivity contribution is 7.89. The zero-order valence-corrected chi connectivity index (χ0v) is 13.1. The van der Waals surface area contributed by atoms with Crippen molar-refractivity contribution in [3.05, 3.63) is 29.3 Å². The fraction of sp³-hybridized carbons (Fsp3) is 0.600. The number of sulfonamides is 1. The third kappa shape index (κ3) is 3.05. The largest absolute Gasteiger partial charge is 0.326 e. The zero-order chi connectivity index (χ0) is 14.8. The first-order valence-electron chi connectivity index (χ1n) is 7.28.